The van der Waals surface area contributed by atoms with Crippen LogP contribution in [0, 0.1) is 0 Å². The van der Waals surface area contributed by atoms with E-state index in [9.17, 15) is 4.79 Å². The number of hydrogen-bond acceptors (Lipinski definition) is 2. The average Bonchev–Trinajstić information content (AvgIpc) is 3.20. The van der Waals surface area contributed by atoms with Crippen molar-refractivity contribution in [1.82, 2.24) is 9.97 Å². The van der Waals surface area contributed by atoms with Gasteiger partial charge in [0.05, 0.1) is 0 Å². The first-order valence-corrected chi connectivity index (χ1v) is 9.00. The first kappa shape index (κ1) is 17.0. The zero-order chi connectivity index (χ0) is 18.5. The molecule has 0 fully saturated rings. The van der Waals surface area contributed by atoms with Crippen molar-refractivity contribution in [3.05, 3.63) is 125 Å². The fourth-order valence-electron chi connectivity index (χ4n) is 3.72. The van der Waals surface area contributed by atoms with Gasteiger partial charge in [0.25, 0.3) is 0 Å². The van der Waals surface area contributed by atoms with Gasteiger partial charge in [-0.3, -0.25) is 0 Å². The van der Waals surface area contributed by atoms with E-state index in [4.69, 9.17) is 4.98 Å². The molecule has 4 aromatic rings. The summed E-state index contributed by atoms with van der Waals surface area (Å²) < 4.78 is 0. The van der Waals surface area contributed by atoms with Crippen LogP contribution in [-0.2, 0) is 16.6 Å². The van der Waals surface area contributed by atoms with Crippen molar-refractivity contribution in [3.8, 4) is 0 Å². The van der Waals surface area contributed by atoms with Crippen molar-refractivity contribution in [3.63, 3.8) is 0 Å². The minimum absolute atomic E-state index is 0.321. The van der Waals surface area contributed by atoms with E-state index in [2.05, 4.69) is 41.4 Å². The fourth-order valence-corrected chi connectivity index (χ4v) is 3.72. The van der Waals surface area contributed by atoms with Gasteiger partial charge in [-0.2, -0.15) is 0 Å². The molecular weight excluding hydrogens is 332 g/mol. The van der Waals surface area contributed by atoms with Gasteiger partial charge in [-0.05, 0) is 16.7 Å². The van der Waals surface area contributed by atoms with E-state index < -0.39 is 5.41 Å². The third-order valence-corrected chi connectivity index (χ3v) is 4.91. The minimum Gasteiger partial charge on any atom is -0.344 e. The normalized spacial score (nSPS) is 11.3. The number of rotatable bonds is 6. The van der Waals surface area contributed by atoms with Gasteiger partial charge < -0.3 is 9.78 Å². The molecule has 0 aliphatic rings. The molecule has 0 aliphatic heterocycles. The number of imidazole rings is 1. The Bertz CT molecular complexity index is 911. The molecule has 3 aromatic carbocycles. The summed E-state index contributed by atoms with van der Waals surface area (Å²) in [7, 11) is 0. The molecule has 0 radical (unpaired) electrons. The Kier molecular flexibility index (Phi) is 4.67. The number of H-pyrrole nitrogens is 1. The second-order valence-corrected chi connectivity index (χ2v) is 6.48. The number of nitrogens with one attached hydrogen (secondary N) is 1. The highest BCUT2D eigenvalue weighted by Gasteiger charge is 2.40. The van der Waals surface area contributed by atoms with Gasteiger partial charge >= 0.3 is 0 Å². The number of aromatic amines is 1. The Labute approximate surface area is 158 Å². The number of aldehydes is 1. The molecule has 0 unspecified atom stereocenters. The molecule has 0 amide bonds. The highest BCUT2D eigenvalue weighted by atomic mass is 16.1. The Morgan fingerprint density at radius 1 is 0.741 bits per heavy atom. The lowest BCUT2D eigenvalue weighted by Crippen LogP contribution is -2.32. The Morgan fingerprint density at radius 3 is 1.59 bits per heavy atom. The summed E-state index contributed by atoms with van der Waals surface area (Å²) in [4.78, 5) is 19.1. The highest BCUT2D eigenvalue weighted by Crippen LogP contribution is 2.43. The van der Waals surface area contributed by atoms with E-state index in [1.807, 2.05) is 54.6 Å². The molecule has 132 valence electrons. The van der Waals surface area contributed by atoms with Gasteiger partial charge in [-0.25, -0.2) is 4.98 Å². The number of aromatic nitrogens is 2. The van der Waals surface area contributed by atoms with Gasteiger partial charge in [0, 0.05) is 18.3 Å². The van der Waals surface area contributed by atoms with Crippen LogP contribution in [0.25, 0.3) is 0 Å². The van der Waals surface area contributed by atoms with Crippen molar-refractivity contribution in [2.75, 3.05) is 0 Å². The summed E-state index contributed by atoms with van der Waals surface area (Å²) in [5, 5.41) is 0. The molecule has 27 heavy (non-hydrogen) atoms. The molecule has 0 atom stereocenters. The van der Waals surface area contributed by atoms with Gasteiger partial charge in [-0.1, -0.05) is 91.0 Å². The van der Waals surface area contributed by atoms with E-state index in [1.54, 1.807) is 6.20 Å². The lowest BCUT2D eigenvalue weighted by molar-refractivity contribution is -0.107. The maximum absolute atomic E-state index is 11.0. The summed E-state index contributed by atoms with van der Waals surface area (Å²) >= 11 is 0. The largest absolute Gasteiger partial charge is 0.344 e. The van der Waals surface area contributed by atoms with Crippen LogP contribution in [-0.4, -0.2) is 16.3 Å². The minimum atomic E-state index is -0.592. The van der Waals surface area contributed by atoms with E-state index in [0.29, 0.717) is 6.42 Å². The zero-order valence-corrected chi connectivity index (χ0v) is 14.9. The molecule has 0 spiro atoms. The second-order valence-electron chi connectivity index (χ2n) is 6.48. The summed E-state index contributed by atoms with van der Waals surface area (Å²) in [5.74, 6) is 0.808. The Hall–Kier alpha value is -3.46. The number of benzene rings is 3. The van der Waals surface area contributed by atoms with Crippen LogP contribution < -0.4 is 0 Å². The smallest absolute Gasteiger partial charge is 0.125 e. The van der Waals surface area contributed by atoms with Crippen LogP contribution in [0.2, 0.25) is 0 Å². The number of carbonyl (C=O) groups is 1. The zero-order valence-electron chi connectivity index (χ0n) is 14.9. The summed E-state index contributed by atoms with van der Waals surface area (Å²) in [5.41, 5.74) is 3.58. The van der Waals surface area contributed by atoms with Gasteiger partial charge in [0.2, 0.25) is 0 Å². The van der Waals surface area contributed by atoms with Gasteiger partial charge in [-0.15, -0.1) is 0 Å². The third kappa shape index (κ3) is 2.97. The number of carbonyl (C=O) groups excluding carboxylic acids is 1. The van der Waals surface area contributed by atoms with Crippen molar-refractivity contribution in [1.29, 1.82) is 0 Å². The molecule has 0 bridgehead atoms. The second kappa shape index (κ2) is 7.42. The highest BCUT2D eigenvalue weighted by molar-refractivity contribution is 5.57. The molecule has 1 N–H and O–H groups in total. The van der Waals surface area contributed by atoms with Gasteiger partial charge in [0.15, 0.2) is 0 Å². The molecule has 1 heterocycles. The van der Waals surface area contributed by atoms with E-state index in [0.717, 1.165) is 34.5 Å². The van der Waals surface area contributed by atoms with Crippen LogP contribution in [0.4, 0.5) is 0 Å². The quantitative estimate of drug-likeness (QED) is 0.409. The maximum Gasteiger partial charge on any atom is 0.125 e. The van der Waals surface area contributed by atoms with E-state index >= 15 is 0 Å². The van der Waals surface area contributed by atoms with E-state index in [-0.39, 0.29) is 0 Å². The van der Waals surface area contributed by atoms with Gasteiger partial charge in [0.1, 0.15) is 17.5 Å². The van der Waals surface area contributed by atoms with Crippen LogP contribution in [0.15, 0.2) is 97.2 Å². The van der Waals surface area contributed by atoms with E-state index in [1.165, 1.54) is 0 Å². The van der Waals surface area contributed by atoms with Crippen molar-refractivity contribution < 1.29 is 4.79 Å². The molecule has 3 nitrogen and oxygen atoms in total. The molecule has 3 heteroatoms. The monoisotopic (exact) mass is 352 g/mol. The fraction of sp³-hybridized carbons (Fsp3) is 0.0833. The van der Waals surface area contributed by atoms with Crippen LogP contribution >= 0.6 is 0 Å². The van der Waals surface area contributed by atoms with Crippen molar-refractivity contribution in [2.45, 2.75) is 11.8 Å². The van der Waals surface area contributed by atoms with Crippen LogP contribution in [0.5, 0.6) is 0 Å². The lowest BCUT2D eigenvalue weighted by atomic mass is 9.69. The molecule has 4 rings (SSSR count). The number of nitrogens with zero attached hydrogens (tertiary/aromatic N) is 1. The van der Waals surface area contributed by atoms with Crippen LogP contribution in [0.1, 0.15) is 28.2 Å². The van der Waals surface area contributed by atoms with Crippen molar-refractivity contribution >= 4 is 6.29 Å². The average molecular weight is 352 g/mol. The standard InChI is InChI=1S/C24H20N2O/c27-17-16-22-18-25-23(26-22)24(19-10-4-1-5-11-19,20-12-6-2-7-13-20)21-14-8-3-9-15-21/h1-15,17-18H,16H2,(H,25,26). The summed E-state index contributed by atoms with van der Waals surface area (Å²) in [6.45, 7) is 0. The molecule has 0 saturated heterocycles. The predicted octanol–water partition coefficient (Wildman–Crippen LogP) is 4.53. The molecule has 1 aromatic heterocycles. The first-order valence-electron chi connectivity index (χ1n) is 9.00. The molecule has 0 aliphatic carbocycles. The van der Waals surface area contributed by atoms with Crippen LogP contribution in [0.3, 0.4) is 0 Å². The first-order chi connectivity index (χ1) is 13.4. The summed E-state index contributed by atoms with van der Waals surface area (Å²) in [6, 6.07) is 31.1. The predicted molar refractivity (Wildman–Crippen MR) is 107 cm³/mol. The summed E-state index contributed by atoms with van der Waals surface area (Å²) in [6.07, 6.45) is 2.97. The van der Waals surface area contributed by atoms with Crippen molar-refractivity contribution in [2.24, 2.45) is 0 Å². The lowest BCUT2D eigenvalue weighted by Gasteiger charge is -2.34. The Morgan fingerprint density at radius 2 is 1.19 bits per heavy atom. The SMILES string of the molecule is O=CCc1cnc(C(c2ccccc2)(c2ccccc2)c2ccccc2)[nH]1. The maximum atomic E-state index is 11.0. The molecule has 0 saturated carbocycles. The third-order valence-electron chi connectivity index (χ3n) is 4.91. The number of hydrogen-bond donors (Lipinski definition) is 1. The molecular formula is C24H20N2O. The Balaban J connectivity index is 2.07. The topological polar surface area (TPSA) is 45.8 Å².